The van der Waals surface area contributed by atoms with Crippen molar-refractivity contribution in [1.29, 1.82) is 0 Å². The summed E-state index contributed by atoms with van der Waals surface area (Å²) in [5.41, 5.74) is 0.620. The number of piperidine rings is 2. The summed E-state index contributed by atoms with van der Waals surface area (Å²) < 4.78 is 53.5. The lowest BCUT2D eigenvalue weighted by atomic mass is 9.99. The molecule has 2 fully saturated rings. The molecule has 3 aromatic rings. The van der Waals surface area contributed by atoms with Crippen LogP contribution < -0.4 is 5.32 Å². The zero-order chi connectivity index (χ0) is 31.9. The van der Waals surface area contributed by atoms with Gasteiger partial charge in [0.05, 0.1) is 26.6 Å². The zero-order valence-electron chi connectivity index (χ0n) is 23.7. The van der Waals surface area contributed by atoms with Crippen molar-refractivity contribution in [3.63, 3.8) is 0 Å². The molecule has 2 N–H and O–H groups in total. The van der Waals surface area contributed by atoms with Crippen LogP contribution >= 0.6 is 27.5 Å². The average molecular weight is 727 g/mol. The van der Waals surface area contributed by atoms with Gasteiger partial charge < -0.3 is 10.4 Å². The fraction of sp³-hybridized carbons (Fsp3) is 0.333. The second-order valence-electron chi connectivity index (χ2n) is 10.5. The standard InChI is InChI=1S/C18H18BrClN2O3S.C12H15NO4S/c19-16-11-14(8-9-17(16)20)21-18(23)13-5-4-10-22(12-13)26(24,25)15-6-2-1-3-7-15;14-12(15)10-5-4-8-13(9-10)18(16,17)11-6-2-1-3-7-11/h1-3,6-9,11,13H,4-5,10,12H2,(H,21,23);1-3,6-7,10H,4-5,8-9H2,(H,14,15)/t13-;10-/m00/s1. The number of amides is 1. The Labute approximate surface area is 271 Å². The molecule has 0 radical (unpaired) electrons. The first-order valence-corrected chi connectivity index (χ1v) is 18.0. The van der Waals surface area contributed by atoms with E-state index in [2.05, 4.69) is 21.2 Å². The van der Waals surface area contributed by atoms with E-state index in [0.717, 1.165) is 0 Å². The summed E-state index contributed by atoms with van der Waals surface area (Å²) in [6.45, 7) is 1.05. The molecule has 2 saturated heterocycles. The summed E-state index contributed by atoms with van der Waals surface area (Å²) in [7, 11) is -7.14. The molecule has 236 valence electrons. The third-order valence-electron chi connectivity index (χ3n) is 7.44. The Hall–Kier alpha value is -2.81. The normalized spacial score (nSPS) is 19.8. The monoisotopic (exact) mass is 725 g/mol. The summed E-state index contributed by atoms with van der Waals surface area (Å²) in [6, 6.07) is 21.6. The van der Waals surface area contributed by atoms with Crippen LogP contribution in [-0.2, 0) is 29.6 Å². The molecule has 0 spiro atoms. The molecule has 3 aromatic carbocycles. The number of nitrogens with zero attached hydrogens (tertiary/aromatic N) is 2. The number of aliphatic carboxylic acids is 1. The fourth-order valence-corrected chi connectivity index (χ4v) is 8.62. The third-order valence-corrected chi connectivity index (χ3v) is 12.4. The van der Waals surface area contributed by atoms with Crippen molar-refractivity contribution in [2.75, 3.05) is 31.5 Å². The second-order valence-corrected chi connectivity index (χ2v) is 15.6. The predicted molar refractivity (Wildman–Crippen MR) is 171 cm³/mol. The van der Waals surface area contributed by atoms with Gasteiger partial charge >= 0.3 is 5.97 Å². The van der Waals surface area contributed by atoms with Crippen molar-refractivity contribution in [2.24, 2.45) is 11.8 Å². The minimum Gasteiger partial charge on any atom is -0.481 e. The minimum absolute atomic E-state index is 0.0621. The summed E-state index contributed by atoms with van der Waals surface area (Å²) in [5.74, 6) is -2.11. The molecule has 1 amide bonds. The van der Waals surface area contributed by atoms with Gasteiger partial charge in [-0.1, -0.05) is 48.0 Å². The number of halogens is 2. The van der Waals surface area contributed by atoms with Gasteiger partial charge in [0.25, 0.3) is 0 Å². The number of benzene rings is 3. The van der Waals surface area contributed by atoms with Crippen LogP contribution in [0.25, 0.3) is 0 Å². The second kappa shape index (κ2) is 15.0. The van der Waals surface area contributed by atoms with Crippen molar-refractivity contribution in [1.82, 2.24) is 8.61 Å². The van der Waals surface area contributed by atoms with Gasteiger partial charge in [-0.15, -0.1) is 0 Å². The maximum Gasteiger partial charge on any atom is 0.307 e. The minimum atomic E-state index is -3.59. The number of carbonyl (C=O) groups excluding carboxylic acids is 1. The molecule has 0 aliphatic carbocycles. The number of nitrogens with one attached hydrogen (secondary N) is 1. The maximum atomic E-state index is 12.8. The number of carboxylic acid groups (broad SMARTS) is 1. The van der Waals surface area contributed by atoms with E-state index in [1.165, 1.54) is 20.7 Å². The van der Waals surface area contributed by atoms with Crippen LogP contribution in [0.2, 0.25) is 5.02 Å². The highest BCUT2D eigenvalue weighted by Gasteiger charge is 2.34. The van der Waals surface area contributed by atoms with Crippen molar-refractivity contribution in [3.05, 3.63) is 88.4 Å². The summed E-state index contributed by atoms with van der Waals surface area (Å²) in [4.78, 5) is 24.0. The maximum absolute atomic E-state index is 12.8. The Morgan fingerprint density at radius 1 is 0.773 bits per heavy atom. The van der Waals surface area contributed by atoms with Crippen LogP contribution in [0.3, 0.4) is 0 Å². The van der Waals surface area contributed by atoms with E-state index in [1.807, 2.05) is 0 Å². The van der Waals surface area contributed by atoms with Crippen LogP contribution in [0.15, 0.2) is 93.1 Å². The van der Waals surface area contributed by atoms with Crippen LogP contribution in [0, 0.1) is 11.8 Å². The Bertz CT molecular complexity index is 1680. The van der Waals surface area contributed by atoms with E-state index in [-0.39, 0.29) is 28.8 Å². The predicted octanol–water partition coefficient (Wildman–Crippen LogP) is 5.31. The van der Waals surface area contributed by atoms with Gasteiger partial charge in [-0.05, 0) is 84.1 Å². The summed E-state index contributed by atoms with van der Waals surface area (Å²) in [6.07, 6.45) is 2.43. The molecule has 0 saturated carbocycles. The van der Waals surface area contributed by atoms with E-state index in [9.17, 15) is 26.4 Å². The topological polar surface area (TPSA) is 141 Å². The molecule has 5 rings (SSSR count). The van der Waals surface area contributed by atoms with E-state index in [4.69, 9.17) is 16.7 Å². The molecule has 0 bridgehead atoms. The average Bonchev–Trinajstić information content (AvgIpc) is 3.04. The first kappa shape index (κ1) is 34.1. The van der Waals surface area contributed by atoms with Crippen molar-refractivity contribution < 1.29 is 31.5 Å². The van der Waals surface area contributed by atoms with E-state index < -0.39 is 37.9 Å². The van der Waals surface area contributed by atoms with Gasteiger partial charge in [0.2, 0.25) is 26.0 Å². The van der Waals surface area contributed by atoms with Gasteiger partial charge in [0.1, 0.15) is 0 Å². The zero-order valence-corrected chi connectivity index (χ0v) is 27.7. The first-order valence-electron chi connectivity index (χ1n) is 14.0. The number of carboxylic acids is 1. The number of anilines is 1. The Balaban J connectivity index is 0.000000215. The SMILES string of the molecule is O=C(Nc1ccc(Cl)c(Br)c1)[C@H]1CCCN(S(=O)(=O)c2ccccc2)C1.O=C(O)[C@H]1CCCN(S(=O)(=O)c2ccccc2)C1. The van der Waals surface area contributed by atoms with Crippen LogP contribution in [0.5, 0.6) is 0 Å². The Morgan fingerprint density at radius 3 is 1.73 bits per heavy atom. The highest BCUT2D eigenvalue weighted by molar-refractivity contribution is 9.10. The van der Waals surface area contributed by atoms with Gasteiger partial charge in [-0.25, -0.2) is 16.8 Å². The Morgan fingerprint density at radius 2 is 1.25 bits per heavy atom. The van der Waals surface area contributed by atoms with E-state index >= 15 is 0 Å². The van der Waals surface area contributed by atoms with Crippen molar-refractivity contribution >= 4 is 65.1 Å². The lowest BCUT2D eigenvalue weighted by Gasteiger charge is -2.31. The number of hydrogen-bond donors (Lipinski definition) is 2. The van der Waals surface area contributed by atoms with E-state index in [1.54, 1.807) is 66.7 Å². The molecular weight excluding hydrogens is 694 g/mol. The van der Waals surface area contributed by atoms with Gasteiger partial charge in [-0.3, -0.25) is 9.59 Å². The van der Waals surface area contributed by atoms with Crippen molar-refractivity contribution in [3.8, 4) is 0 Å². The number of rotatable bonds is 7. The van der Waals surface area contributed by atoms with Gasteiger partial charge in [0, 0.05) is 36.3 Å². The number of carbonyl (C=O) groups is 2. The highest BCUT2D eigenvalue weighted by Crippen LogP contribution is 2.28. The number of hydrogen-bond acceptors (Lipinski definition) is 6. The van der Waals surface area contributed by atoms with Gasteiger partial charge in [0.15, 0.2) is 0 Å². The Kier molecular flexibility index (Phi) is 11.6. The van der Waals surface area contributed by atoms with Crippen molar-refractivity contribution in [2.45, 2.75) is 35.5 Å². The largest absolute Gasteiger partial charge is 0.481 e. The van der Waals surface area contributed by atoms with Crippen LogP contribution in [0.1, 0.15) is 25.7 Å². The lowest BCUT2D eigenvalue weighted by Crippen LogP contribution is -2.43. The lowest BCUT2D eigenvalue weighted by molar-refractivity contribution is -0.142. The number of sulfonamides is 2. The smallest absolute Gasteiger partial charge is 0.307 e. The van der Waals surface area contributed by atoms with Crippen LogP contribution in [-0.4, -0.2) is 68.6 Å². The van der Waals surface area contributed by atoms with E-state index in [0.29, 0.717) is 54.0 Å². The summed E-state index contributed by atoms with van der Waals surface area (Å²) in [5, 5.41) is 12.4. The summed E-state index contributed by atoms with van der Waals surface area (Å²) >= 11 is 9.28. The molecule has 14 heteroatoms. The quantitative estimate of drug-likeness (QED) is 0.336. The molecule has 2 aliphatic rings. The molecule has 2 atom stereocenters. The fourth-order valence-electron chi connectivity index (χ4n) is 5.04. The van der Waals surface area contributed by atoms with Gasteiger partial charge in [-0.2, -0.15) is 8.61 Å². The molecule has 10 nitrogen and oxygen atoms in total. The molecule has 2 heterocycles. The first-order chi connectivity index (χ1) is 20.9. The molecule has 0 unspecified atom stereocenters. The molecular formula is C30H33BrClN3O7S2. The third kappa shape index (κ3) is 8.46. The molecule has 0 aromatic heterocycles. The molecule has 2 aliphatic heterocycles. The highest BCUT2D eigenvalue weighted by atomic mass is 79.9. The van der Waals surface area contributed by atoms with Crippen LogP contribution in [0.4, 0.5) is 5.69 Å². The molecule has 44 heavy (non-hydrogen) atoms.